The first kappa shape index (κ1) is 23.7. The van der Waals surface area contributed by atoms with E-state index in [0.717, 1.165) is 24.0 Å². The fourth-order valence-corrected chi connectivity index (χ4v) is 3.36. The van der Waals surface area contributed by atoms with Gasteiger partial charge in [-0.15, -0.1) is 0 Å². The molecule has 2 amide bonds. The van der Waals surface area contributed by atoms with Crippen molar-refractivity contribution in [3.8, 4) is 5.75 Å². The van der Waals surface area contributed by atoms with E-state index in [2.05, 4.69) is 12.2 Å². The molecule has 0 saturated carbocycles. The summed E-state index contributed by atoms with van der Waals surface area (Å²) in [6.07, 6.45) is 2.43. The second kappa shape index (κ2) is 12.2. The fraction of sp³-hybridized carbons (Fsp3) is 0.417. The smallest absolute Gasteiger partial charge is 0.261 e. The Morgan fingerprint density at radius 3 is 2.57 bits per heavy atom. The van der Waals surface area contributed by atoms with Gasteiger partial charge in [0.2, 0.25) is 5.91 Å². The molecule has 1 unspecified atom stereocenters. The summed E-state index contributed by atoms with van der Waals surface area (Å²) in [5, 5.41) is 3.50. The number of hydrogen-bond acceptors (Lipinski definition) is 3. The average molecular weight is 431 g/mol. The van der Waals surface area contributed by atoms with Crippen LogP contribution in [-0.2, 0) is 16.1 Å². The van der Waals surface area contributed by atoms with Gasteiger partial charge >= 0.3 is 0 Å². The summed E-state index contributed by atoms with van der Waals surface area (Å²) in [5.41, 5.74) is 2.08. The summed E-state index contributed by atoms with van der Waals surface area (Å²) in [7, 11) is 0. The van der Waals surface area contributed by atoms with Crippen molar-refractivity contribution in [3.05, 3.63) is 64.7 Å². The van der Waals surface area contributed by atoms with Gasteiger partial charge in [-0.1, -0.05) is 62.2 Å². The molecule has 2 aromatic rings. The van der Waals surface area contributed by atoms with E-state index in [1.54, 1.807) is 29.2 Å². The standard InChI is InChI=1S/C24H31ClN2O3/c1-4-6-14-26-24(29)22(5-2)27(16-19-11-8-7-10-18(19)3)23(28)17-30-21-13-9-12-20(25)15-21/h7-13,15,22H,4-6,14,16-17H2,1-3H3,(H,26,29). The number of nitrogens with one attached hydrogen (secondary N) is 1. The Morgan fingerprint density at radius 2 is 1.90 bits per heavy atom. The van der Waals surface area contributed by atoms with Gasteiger partial charge in [0.15, 0.2) is 6.61 Å². The molecule has 162 valence electrons. The summed E-state index contributed by atoms with van der Waals surface area (Å²) >= 11 is 5.99. The van der Waals surface area contributed by atoms with Gasteiger partial charge in [-0.3, -0.25) is 9.59 Å². The van der Waals surface area contributed by atoms with Gasteiger partial charge in [0.1, 0.15) is 11.8 Å². The van der Waals surface area contributed by atoms with Crippen LogP contribution in [-0.4, -0.2) is 35.9 Å². The lowest BCUT2D eigenvalue weighted by molar-refractivity contribution is -0.143. The highest BCUT2D eigenvalue weighted by atomic mass is 35.5. The summed E-state index contributed by atoms with van der Waals surface area (Å²) < 4.78 is 5.66. The van der Waals surface area contributed by atoms with Crippen LogP contribution >= 0.6 is 11.6 Å². The Balaban J connectivity index is 2.19. The zero-order valence-corrected chi connectivity index (χ0v) is 18.7. The summed E-state index contributed by atoms with van der Waals surface area (Å²) in [6, 6.07) is 14.2. The molecule has 2 aromatic carbocycles. The van der Waals surface area contributed by atoms with Crippen LogP contribution in [0.15, 0.2) is 48.5 Å². The lowest BCUT2D eigenvalue weighted by Crippen LogP contribution is -2.50. The number of halogens is 1. The van der Waals surface area contributed by atoms with Crippen LogP contribution < -0.4 is 10.1 Å². The molecule has 30 heavy (non-hydrogen) atoms. The van der Waals surface area contributed by atoms with E-state index < -0.39 is 6.04 Å². The summed E-state index contributed by atoms with van der Waals surface area (Å²) in [5.74, 6) is 0.151. The first-order chi connectivity index (χ1) is 14.5. The maximum absolute atomic E-state index is 13.1. The Hall–Kier alpha value is -2.53. The zero-order valence-electron chi connectivity index (χ0n) is 18.0. The molecule has 0 aliphatic carbocycles. The van der Waals surface area contributed by atoms with Gasteiger partial charge in [-0.05, 0) is 49.1 Å². The SMILES string of the molecule is CCCCNC(=O)C(CC)N(Cc1ccccc1C)C(=O)COc1cccc(Cl)c1. The summed E-state index contributed by atoms with van der Waals surface area (Å²) in [4.78, 5) is 27.6. The van der Waals surface area contributed by atoms with Crippen LogP contribution in [0.1, 0.15) is 44.2 Å². The first-order valence-corrected chi connectivity index (χ1v) is 10.8. The number of nitrogens with zero attached hydrogens (tertiary/aromatic N) is 1. The molecule has 0 fully saturated rings. The third kappa shape index (κ3) is 7.06. The normalized spacial score (nSPS) is 11.6. The van der Waals surface area contributed by atoms with E-state index >= 15 is 0 Å². The zero-order chi connectivity index (χ0) is 21.9. The van der Waals surface area contributed by atoms with Crippen molar-refractivity contribution in [2.24, 2.45) is 0 Å². The van der Waals surface area contributed by atoms with Crippen molar-refractivity contribution in [2.75, 3.05) is 13.2 Å². The molecule has 6 heteroatoms. The van der Waals surface area contributed by atoms with Gasteiger partial charge < -0.3 is 15.0 Å². The van der Waals surface area contributed by atoms with E-state index in [-0.39, 0.29) is 18.4 Å². The van der Waals surface area contributed by atoms with Crippen LogP contribution in [0.4, 0.5) is 0 Å². The topological polar surface area (TPSA) is 58.6 Å². The highest BCUT2D eigenvalue weighted by Crippen LogP contribution is 2.19. The van der Waals surface area contributed by atoms with Crippen molar-refractivity contribution in [2.45, 2.75) is 52.6 Å². The number of benzene rings is 2. The predicted octanol–water partition coefficient (Wildman–Crippen LogP) is 4.75. The number of rotatable bonds is 11. The third-order valence-corrected chi connectivity index (χ3v) is 5.21. The minimum Gasteiger partial charge on any atom is -0.484 e. The van der Waals surface area contributed by atoms with Crippen LogP contribution in [0.3, 0.4) is 0 Å². The molecule has 0 aromatic heterocycles. The lowest BCUT2D eigenvalue weighted by Gasteiger charge is -2.31. The molecule has 0 aliphatic heterocycles. The number of unbranched alkanes of at least 4 members (excludes halogenated alkanes) is 1. The molecule has 1 atom stereocenters. The minimum absolute atomic E-state index is 0.129. The van der Waals surface area contributed by atoms with E-state index in [0.29, 0.717) is 30.3 Å². The third-order valence-electron chi connectivity index (χ3n) is 4.98. The van der Waals surface area contributed by atoms with Gasteiger partial charge in [0.25, 0.3) is 5.91 Å². The quantitative estimate of drug-likeness (QED) is 0.523. The average Bonchev–Trinajstić information content (AvgIpc) is 2.73. The molecule has 1 N–H and O–H groups in total. The minimum atomic E-state index is -0.558. The molecular formula is C24H31ClN2O3. The van der Waals surface area contributed by atoms with Crippen molar-refractivity contribution < 1.29 is 14.3 Å². The fourth-order valence-electron chi connectivity index (χ4n) is 3.18. The Kier molecular flexibility index (Phi) is 9.68. The van der Waals surface area contributed by atoms with Crippen LogP contribution in [0.25, 0.3) is 0 Å². The van der Waals surface area contributed by atoms with Crippen molar-refractivity contribution >= 4 is 23.4 Å². The number of ether oxygens (including phenoxy) is 1. The van der Waals surface area contributed by atoms with E-state index in [9.17, 15) is 9.59 Å². The number of hydrogen-bond donors (Lipinski definition) is 1. The predicted molar refractivity (Wildman–Crippen MR) is 121 cm³/mol. The highest BCUT2D eigenvalue weighted by molar-refractivity contribution is 6.30. The van der Waals surface area contributed by atoms with E-state index in [4.69, 9.17) is 16.3 Å². The number of carbonyl (C=O) groups excluding carboxylic acids is 2. The van der Waals surface area contributed by atoms with Crippen LogP contribution in [0.2, 0.25) is 5.02 Å². The van der Waals surface area contributed by atoms with Crippen molar-refractivity contribution in [1.82, 2.24) is 10.2 Å². The summed E-state index contributed by atoms with van der Waals surface area (Å²) in [6.45, 7) is 6.79. The van der Waals surface area contributed by atoms with Crippen LogP contribution in [0.5, 0.6) is 5.75 Å². The second-order valence-electron chi connectivity index (χ2n) is 7.26. The van der Waals surface area contributed by atoms with Crippen molar-refractivity contribution in [3.63, 3.8) is 0 Å². The largest absolute Gasteiger partial charge is 0.484 e. The molecule has 0 radical (unpaired) electrons. The molecule has 0 aliphatic rings. The maximum Gasteiger partial charge on any atom is 0.261 e. The molecule has 0 saturated heterocycles. The molecule has 0 spiro atoms. The number of carbonyl (C=O) groups is 2. The van der Waals surface area contributed by atoms with Crippen LogP contribution in [0, 0.1) is 6.92 Å². The second-order valence-corrected chi connectivity index (χ2v) is 7.70. The number of amides is 2. The van der Waals surface area contributed by atoms with E-state index in [1.165, 1.54) is 0 Å². The monoisotopic (exact) mass is 430 g/mol. The molecule has 0 heterocycles. The Morgan fingerprint density at radius 1 is 1.13 bits per heavy atom. The maximum atomic E-state index is 13.1. The Bertz CT molecular complexity index is 841. The molecular weight excluding hydrogens is 400 g/mol. The van der Waals surface area contributed by atoms with Crippen molar-refractivity contribution in [1.29, 1.82) is 0 Å². The highest BCUT2D eigenvalue weighted by Gasteiger charge is 2.29. The lowest BCUT2D eigenvalue weighted by atomic mass is 10.1. The van der Waals surface area contributed by atoms with Gasteiger partial charge in [0, 0.05) is 18.1 Å². The molecule has 2 rings (SSSR count). The Labute approximate surface area is 184 Å². The van der Waals surface area contributed by atoms with Gasteiger partial charge in [0.05, 0.1) is 0 Å². The van der Waals surface area contributed by atoms with E-state index in [1.807, 2.05) is 38.1 Å². The number of aryl methyl sites for hydroxylation is 1. The van der Waals surface area contributed by atoms with Gasteiger partial charge in [-0.25, -0.2) is 0 Å². The first-order valence-electron chi connectivity index (χ1n) is 10.5. The molecule has 0 bridgehead atoms. The molecule has 5 nitrogen and oxygen atoms in total. The van der Waals surface area contributed by atoms with Gasteiger partial charge in [-0.2, -0.15) is 0 Å².